The van der Waals surface area contributed by atoms with Crippen molar-refractivity contribution in [3.8, 4) is 0 Å². The van der Waals surface area contributed by atoms with Crippen molar-refractivity contribution in [3.63, 3.8) is 0 Å². The lowest BCUT2D eigenvalue weighted by molar-refractivity contribution is 0.0954. The zero-order valence-electron chi connectivity index (χ0n) is 11.7. The highest BCUT2D eigenvalue weighted by Gasteiger charge is 2.11. The molecule has 0 bridgehead atoms. The largest absolute Gasteiger partial charge is 0.397 e. The van der Waals surface area contributed by atoms with Gasteiger partial charge in [-0.05, 0) is 18.2 Å². The number of hydrogen-bond acceptors (Lipinski definition) is 4. The molecule has 0 unspecified atom stereocenters. The van der Waals surface area contributed by atoms with Gasteiger partial charge in [-0.3, -0.25) is 4.79 Å². The van der Waals surface area contributed by atoms with E-state index < -0.39 is 0 Å². The van der Waals surface area contributed by atoms with E-state index in [1.165, 1.54) is 12.3 Å². The van der Waals surface area contributed by atoms with Gasteiger partial charge in [0.2, 0.25) is 0 Å². The highest BCUT2D eigenvalue weighted by molar-refractivity contribution is 6.32. The molecule has 0 aliphatic carbocycles. The number of likely N-dealkylation sites (N-methyl/N-ethyl adjacent to an activating group) is 1. The maximum absolute atomic E-state index is 12.0. The zero-order valence-corrected chi connectivity index (χ0v) is 12.5. The predicted molar refractivity (Wildman–Crippen MR) is 85.7 cm³/mol. The van der Waals surface area contributed by atoms with Crippen LogP contribution in [0.1, 0.15) is 10.4 Å². The molecule has 21 heavy (non-hydrogen) atoms. The molecule has 2 rings (SSSR count). The Morgan fingerprint density at radius 1 is 1.38 bits per heavy atom. The first-order valence-electron chi connectivity index (χ1n) is 6.53. The summed E-state index contributed by atoms with van der Waals surface area (Å²) in [5.74, 6) is -0.277. The molecular formula is C15H17ClN4O. The molecule has 0 radical (unpaired) electrons. The van der Waals surface area contributed by atoms with Crippen molar-refractivity contribution in [3.05, 3.63) is 53.3 Å². The average Bonchev–Trinajstić information content (AvgIpc) is 2.50. The topological polar surface area (TPSA) is 71.2 Å². The molecule has 0 saturated carbocycles. The molecule has 5 nitrogen and oxygen atoms in total. The van der Waals surface area contributed by atoms with Gasteiger partial charge < -0.3 is 16.0 Å². The number of carbonyl (C=O) groups is 1. The smallest absolute Gasteiger partial charge is 0.254 e. The fraction of sp³-hybridized carbons (Fsp3) is 0.200. The third kappa shape index (κ3) is 4.10. The van der Waals surface area contributed by atoms with Gasteiger partial charge in [-0.25, -0.2) is 4.98 Å². The van der Waals surface area contributed by atoms with Gasteiger partial charge >= 0.3 is 0 Å². The lowest BCUT2D eigenvalue weighted by Crippen LogP contribution is -2.33. The number of halogens is 1. The number of nitrogens with two attached hydrogens (primary N) is 1. The van der Waals surface area contributed by atoms with Crippen LogP contribution in [0, 0.1) is 0 Å². The third-order valence-electron chi connectivity index (χ3n) is 3.03. The van der Waals surface area contributed by atoms with Crippen LogP contribution in [0.4, 0.5) is 11.4 Å². The van der Waals surface area contributed by atoms with E-state index in [0.29, 0.717) is 24.3 Å². The van der Waals surface area contributed by atoms with Gasteiger partial charge in [0, 0.05) is 25.8 Å². The van der Waals surface area contributed by atoms with Gasteiger partial charge in [0.1, 0.15) is 5.15 Å². The van der Waals surface area contributed by atoms with Gasteiger partial charge in [0.15, 0.2) is 0 Å². The number of anilines is 2. The summed E-state index contributed by atoms with van der Waals surface area (Å²) in [7, 11) is 1.97. The minimum atomic E-state index is -0.277. The highest BCUT2D eigenvalue weighted by Crippen LogP contribution is 2.15. The number of nitrogens with zero attached hydrogens (tertiary/aromatic N) is 2. The van der Waals surface area contributed by atoms with Crippen LogP contribution in [0.15, 0.2) is 42.6 Å². The quantitative estimate of drug-likeness (QED) is 0.831. The molecule has 3 N–H and O–H groups in total. The lowest BCUT2D eigenvalue weighted by atomic mass is 10.2. The van der Waals surface area contributed by atoms with Gasteiger partial charge in [0.05, 0.1) is 17.4 Å². The maximum Gasteiger partial charge on any atom is 0.254 e. The summed E-state index contributed by atoms with van der Waals surface area (Å²) < 4.78 is 0. The molecular weight excluding hydrogens is 288 g/mol. The van der Waals surface area contributed by atoms with Crippen LogP contribution >= 0.6 is 11.6 Å². The SMILES string of the molecule is CN(CCNC(=O)c1cc(N)cnc1Cl)c1ccccc1. The number of amides is 1. The summed E-state index contributed by atoms with van der Waals surface area (Å²) in [5.41, 5.74) is 7.40. The van der Waals surface area contributed by atoms with Crippen molar-refractivity contribution >= 4 is 28.9 Å². The van der Waals surface area contributed by atoms with E-state index in [1.807, 2.05) is 37.4 Å². The van der Waals surface area contributed by atoms with E-state index in [-0.39, 0.29) is 11.1 Å². The zero-order chi connectivity index (χ0) is 15.2. The molecule has 1 amide bonds. The minimum absolute atomic E-state index is 0.151. The number of aromatic nitrogens is 1. The van der Waals surface area contributed by atoms with Crippen molar-refractivity contribution in [2.24, 2.45) is 0 Å². The van der Waals surface area contributed by atoms with E-state index in [0.717, 1.165) is 5.69 Å². The Labute approximate surface area is 128 Å². The molecule has 0 fully saturated rings. The first kappa shape index (κ1) is 15.1. The van der Waals surface area contributed by atoms with Gasteiger partial charge in [-0.1, -0.05) is 29.8 Å². The molecule has 0 spiro atoms. The lowest BCUT2D eigenvalue weighted by Gasteiger charge is -2.19. The molecule has 6 heteroatoms. The molecule has 1 aromatic carbocycles. The second-order valence-electron chi connectivity index (χ2n) is 4.62. The van der Waals surface area contributed by atoms with Crippen LogP contribution in [0.3, 0.4) is 0 Å². The Bertz CT molecular complexity index is 618. The van der Waals surface area contributed by atoms with Crippen LogP contribution in [-0.2, 0) is 0 Å². The first-order chi connectivity index (χ1) is 10.1. The molecule has 2 aromatic rings. The second-order valence-corrected chi connectivity index (χ2v) is 4.98. The van der Waals surface area contributed by atoms with Crippen LogP contribution in [-0.4, -0.2) is 31.0 Å². The molecule has 0 aliphatic heterocycles. The number of carbonyl (C=O) groups excluding carboxylic acids is 1. The normalized spacial score (nSPS) is 10.2. The Morgan fingerprint density at radius 2 is 2.10 bits per heavy atom. The van der Waals surface area contributed by atoms with Crippen molar-refractivity contribution < 1.29 is 4.79 Å². The van der Waals surface area contributed by atoms with Crippen molar-refractivity contribution in [1.82, 2.24) is 10.3 Å². The van der Waals surface area contributed by atoms with E-state index in [2.05, 4.69) is 15.2 Å². The molecule has 110 valence electrons. The second kappa shape index (κ2) is 6.95. The first-order valence-corrected chi connectivity index (χ1v) is 6.91. The predicted octanol–water partition coefficient (Wildman–Crippen LogP) is 2.18. The fourth-order valence-electron chi connectivity index (χ4n) is 1.87. The Kier molecular flexibility index (Phi) is 5.00. The number of hydrogen-bond donors (Lipinski definition) is 2. The summed E-state index contributed by atoms with van der Waals surface area (Å²) >= 11 is 5.89. The fourth-order valence-corrected chi connectivity index (χ4v) is 2.06. The van der Waals surface area contributed by atoms with Gasteiger partial charge in [0.25, 0.3) is 5.91 Å². The number of benzene rings is 1. The van der Waals surface area contributed by atoms with E-state index in [4.69, 9.17) is 17.3 Å². The van der Waals surface area contributed by atoms with Crippen LogP contribution in [0.25, 0.3) is 0 Å². The van der Waals surface area contributed by atoms with Gasteiger partial charge in [-0.2, -0.15) is 0 Å². The molecule has 1 heterocycles. The molecule has 1 aromatic heterocycles. The van der Waals surface area contributed by atoms with Crippen molar-refractivity contribution in [1.29, 1.82) is 0 Å². The number of para-hydroxylation sites is 1. The van der Waals surface area contributed by atoms with E-state index >= 15 is 0 Å². The van der Waals surface area contributed by atoms with Crippen molar-refractivity contribution in [2.45, 2.75) is 0 Å². The van der Waals surface area contributed by atoms with Crippen LogP contribution in [0.2, 0.25) is 5.15 Å². The summed E-state index contributed by atoms with van der Waals surface area (Å²) in [6.45, 7) is 1.18. The highest BCUT2D eigenvalue weighted by atomic mass is 35.5. The summed E-state index contributed by atoms with van der Waals surface area (Å²) in [5, 5.41) is 2.96. The molecule has 0 aliphatic rings. The van der Waals surface area contributed by atoms with Crippen LogP contribution in [0.5, 0.6) is 0 Å². The number of nitrogen functional groups attached to an aromatic ring is 1. The van der Waals surface area contributed by atoms with Gasteiger partial charge in [-0.15, -0.1) is 0 Å². The van der Waals surface area contributed by atoms with Crippen LogP contribution < -0.4 is 16.0 Å². The Morgan fingerprint density at radius 3 is 2.81 bits per heavy atom. The average molecular weight is 305 g/mol. The summed E-state index contributed by atoms with van der Waals surface area (Å²) in [4.78, 5) is 17.9. The summed E-state index contributed by atoms with van der Waals surface area (Å²) in [6, 6.07) is 11.5. The summed E-state index contributed by atoms with van der Waals surface area (Å²) in [6.07, 6.45) is 1.42. The Balaban J connectivity index is 1.88. The molecule has 0 saturated heterocycles. The maximum atomic E-state index is 12.0. The van der Waals surface area contributed by atoms with Crippen molar-refractivity contribution in [2.75, 3.05) is 30.8 Å². The molecule has 0 atom stereocenters. The Hall–Kier alpha value is -2.27. The van der Waals surface area contributed by atoms with E-state index in [1.54, 1.807) is 0 Å². The number of rotatable bonds is 5. The minimum Gasteiger partial charge on any atom is -0.397 e. The third-order valence-corrected chi connectivity index (χ3v) is 3.34. The van der Waals surface area contributed by atoms with E-state index in [9.17, 15) is 4.79 Å². The number of nitrogens with one attached hydrogen (secondary N) is 1. The number of pyridine rings is 1. The monoisotopic (exact) mass is 304 g/mol. The standard InChI is InChI=1S/C15H17ClN4O/c1-20(12-5-3-2-4-6-12)8-7-18-15(21)13-9-11(17)10-19-14(13)16/h2-6,9-10H,7-8,17H2,1H3,(H,18,21).